The van der Waals surface area contributed by atoms with Crippen molar-refractivity contribution in [3.63, 3.8) is 0 Å². The first kappa shape index (κ1) is 19.7. The Morgan fingerprint density at radius 3 is 2.50 bits per heavy atom. The number of carbonyl (C=O) groups is 1. The first-order chi connectivity index (χ1) is 13.3. The monoisotopic (exact) mass is 398 g/mol. The van der Waals surface area contributed by atoms with Crippen LogP contribution in [0.3, 0.4) is 0 Å². The molecule has 0 heterocycles. The molecule has 0 radical (unpaired) electrons. The number of hydrogen-bond acceptors (Lipinski definition) is 4. The lowest BCUT2D eigenvalue weighted by atomic mass is 10.1. The number of carbonyl (C=O) groups excluding carboxylic acids is 1. The van der Waals surface area contributed by atoms with Gasteiger partial charge in [-0.25, -0.2) is 8.42 Å². The minimum absolute atomic E-state index is 0.293. The quantitative estimate of drug-likeness (QED) is 0.598. The van der Waals surface area contributed by atoms with E-state index in [-0.39, 0.29) is 5.91 Å². The molecule has 0 saturated heterocycles. The fourth-order valence-electron chi connectivity index (χ4n) is 2.77. The minimum atomic E-state index is -3.41. The van der Waals surface area contributed by atoms with E-state index in [0.717, 1.165) is 28.3 Å². The van der Waals surface area contributed by atoms with Crippen LogP contribution in [0.2, 0.25) is 0 Å². The fraction of sp³-hybridized carbons (Fsp3) is 0.190. The number of benzene rings is 3. The van der Waals surface area contributed by atoms with Crippen molar-refractivity contribution in [3.05, 3.63) is 71.8 Å². The molecular weight excluding hydrogens is 376 g/mol. The zero-order valence-corrected chi connectivity index (χ0v) is 16.5. The van der Waals surface area contributed by atoms with Gasteiger partial charge in [0.1, 0.15) is 12.4 Å². The number of rotatable bonds is 7. The number of ether oxygens (including phenoxy) is 1. The number of aryl methyl sites for hydroxylation is 1. The first-order valence-electron chi connectivity index (χ1n) is 8.80. The first-order valence-corrected chi connectivity index (χ1v) is 10.7. The van der Waals surface area contributed by atoms with Gasteiger partial charge < -0.3 is 10.1 Å². The third-order valence-electron chi connectivity index (χ3n) is 4.17. The van der Waals surface area contributed by atoms with Crippen LogP contribution in [0.5, 0.6) is 5.75 Å². The molecule has 0 aliphatic carbocycles. The van der Waals surface area contributed by atoms with E-state index in [0.29, 0.717) is 24.4 Å². The molecular formula is C21H22N2O4S. The zero-order valence-electron chi connectivity index (χ0n) is 15.7. The topological polar surface area (TPSA) is 84.5 Å². The second-order valence-corrected chi connectivity index (χ2v) is 8.27. The summed E-state index contributed by atoms with van der Waals surface area (Å²) in [6, 6.07) is 18.7. The number of nitrogens with one attached hydrogen (secondary N) is 2. The molecule has 0 aromatic heterocycles. The Morgan fingerprint density at radius 2 is 1.75 bits per heavy atom. The Balaban J connectivity index is 1.55. The van der Waals surface area contributed by atoms with Gasteiger partial charge in [-0.2, -0.15) is 0 Å². The smallest absolute Gasteiger partial charge is 0.251 e. The van der Waals surface area contributed by atoms with Gasteiger partial charge in [0.05, 0.1) is 18.5 Å². The summed E-state index contributed by atoms with van der Waals surface area (Å²) in [6.45, 7) is 2.42. The van der Waals surface area contributed by atoms with Gasteiger partial charge in [0.2, 0.25) is 10.0 Å². The van der Waals surface area contributed by atoms with Crippen molar-refractivity contribution >= 4 is 32.4 Å². The highest BCUT2D eigenvalue weighted by molar-refractivity contribution is 7.92. The van der Waals surface area contributed by atoms with Crippen LogP contribution in [0.25, 0.3) is 10.8 Å². The van der Waals surface area contributed by atoms with Crippen molar-refractivity contribution < 1.29 is 17.9 Å². The highest BCUT2D eigenvalue weighted by atomic mass is 32.2. The standard InChI is InChI=1S/C21H22N2O4S/c1-15-7-8-18(14-20(15)23-28(2,25)26)21(24)22-11-12-27-19-10-9-16-5-3-4-6-17(16)13-19/h3-10,13-14,23H,11-12H2,1-2H3,(H,22,24). The molecule has 6 nitrogen and oxygen atoms in total. The lowest BCUT2D eigenvalue weighted by Gasteiger charge is -2.11. The second kappa shape index (κ2) is 8.31. The van der Waals surface area contributed by atoms with Gasteiger partial charge in [0, 0.05) is 5.56 Å². The number of hydrogen-bond donors (Lipinski definition) is 2. The molecule has 0 aliphatic heterocycles. The van der Waals surface area contributed by atoms with Crippen molar-refractivity contribution in [1.82, 2.24) is 5.32 Å². The summed E-state index contributed by atoms with van der Waals surface area (Å²) < 4.78 is 31.0. The molecule has 3 aromatic rings. The Bertz CT molecular complexity index is 1110. The van der Waals surface area contributed by atoms with Gasteiger partial charge >= 0.3 is 0 Å². The van der Waals surface area contributed by atoms with Crippen molar-refractivity contribution in [2.24, 2.45) is 0 Å². The summed E-state index contributed by atoms with van der Waals surface area (Å²) in [5.74, 6) is 0.446. The maximum atomic E-state index is 12.3. The van der Waals surface area contributed by atoms with Gasteiger partial charge in [-0.3, -0.25) is 9.52 Å². The molecule has 0 saturated carbocycles. The van der Waals surface area contributed by atoms with E-state index in [1.165, 1.54) is 6.07 Å². The maximum Gasteiger partial charge on any atom is 0.251 e. The summed E-state index contributed by atoms with van der Waals surface area (Å²) in [7, 11) is -3.41. The van der Waals surface area contributed by atoms with Crippen LogP contribution in [0.1, 0.15) is 15.9 Å². The van der Waals surface area contributed by atoms with Gasteiger partial charge in [-0.15, -0.1) is 0 Å². The summed E-state index contributed by atoms with van der Waals surface area (Å²) in [5, 5.41) is 5.01. The molecule has 3 rings (SSSR count). The van der Waals surface area contributed by atoms with Crippen LogP contribution in [0.4, 0.5) is 5.69 Å². The van der Waals surface area contributed by atoms with E-state index in [1.54, 1.807) is 19.1 Å². The maximum absolute atomic E-state index is 12.3. The Kier molecular flexibility index (Phi) is 5.84. The molecule has 0 atom stereocenters. The van der Waals surface area contributed by atoms with Crippen molar-refractivity contribution in [3.8, 4) is 5.75 Å². The normalized spacial score (nSPS) is 11.2. The summed E-state index contributed by atoms with van der Waals surface area (Å²) in [6.07, 6.45) is 1.07. The molecule has 3 aromatic carbocycles. The number of anilines is 1. The SMILES string of the molecule is Cc1ccc(C(=O)NCCOc2ccc3ccccc3c2)cc1NS(C)(=O)=O. The predicted octanol–water partition coefficient (Wildman–Crippen LogP) is 3.33. The van der Waals surface area contributed by atoms with E-state index in [9.17, 15) is 13.2 Å². The van der Waals surface area contributed by atoms with Crippen LogP contribution >= 0.6 is 0 Å². The fourth-order valence-corrected chi connectivity index (χ4v) is 3.39. The average molecular weight is 398 g/mol. The molecule has 1 amide bonds. The van der Waals surface area contributed by atoms with Crippen molar-refractivity contribution in [2.45, 2.75) is 6.92 Å². The van der Waals surface area contributed by atoms with E-state index >= 15 is 0 Å². The number of fused-ring (bicyclic) bond motifs is 1. The van der Waals surface area contributed by atoms with Crippen LogP contribution < -0.4 is 14.8 Å². The molecule has 0 bridgehead atoms. The van der Waals surface area contributed by atoms with Gasteiger partial charge in [0.15, 0.2) is 0 Å². The third-order valence-corrected chi connectivity index (χ3v) is 4.76. The molecule has 2 N–H and O–H groups in total. The Hall–Kier alpha value is -3.06. The molecule has 0 unspecified atom stereocenters. The number of sulfonamides is 1. The van der Waals surface area contributed by atoms with Crippen molar-refractivity contribution in [2.75, 3.05) is 24.1 Å². The molecule has 146 valence electrons. The summed E-state index contributed by atoms with van der Waals surface area (Å²) >= 11 is 0. The molecule has 7 heteroatoms. The highest BCUT2D eigenvalue weighted by Gasteiger charge is 2.10. The van der Waals surface area contributed by atoms with Gasteiger partial charge in [-0.05, 0) is 47.5 Å². The van der Waals surface area contributed by atoms with E-state index in [4.69, 9.17) is 4.74 Å². The average Bonchev–Trinajstić information content (AvgIpc) is 2.65. The predicted molar refractivity (Wildman–Crippen MR) is 111 cm³/mol. The molecule has 0 fully saturated rings. The van der Waals surface area contributed by atoms with E-state index < -0.39 is 10.0 Å². The van der Waals surface area contributed by atoms with E-state index in [1.807, 2.05) is 42.5 Å². The van der Waals surface area contributed by atoms with Crippen molar-refractivity contribution in [1.29, 1.82) is 0 Å². The lowest BCUT2D eigenvalue weighted by molar-refractivity contribution is 0.0947. The van der Waals surface area contributed by atoms with Crippen LogP contribution in [0.15, 0.2) is 60.7 Å². The van der Waals surface area contributed by atoms with Crippen LogP contribution in [0, 0.1) is 6.92 Å². The van der Waals surface area contributed by atoms with Gasteiger partial charge in [0.25, 0.3) is 5.91 Å². The minimum Gasteiger partial charge on any atom is -0.492 e. The Labute approximate surface area is 164 Å². The molecule has 28 heavy (non-hydrogen) atoms. The Morgan fingerprint density at radius 1 is 1.00 bits per heavy atom. The largest absolute Gasteiger partial charge is 0.492 e. The van der Waals surface area contributed by atoms with Crippen LogP contribution in [-0.4, -0.2) is 33.7 Å². The lowest BCUT2D eigenvalue weighted by Crippen LogP contribution is -2.28. The van der Waals surface area contributed by atoms with E-state index in [2.05, 4.69) is 10.0 Å². The zero-order chi connectivity index (χ0) is 20.1. The van der Waals surface area contributed by atoms with Gasteiger partial charge in [-0.1, -0.05) is 36.4 Å². The molecule has 0 spiro atoms. The molecule has 0 aliphatic rings. The second-order valence-electron chi connectivity index (χ2n) is 6.52. The number of amides is 1. The third kappa shape index (κ3) is 5.23. The van der Waals surface area contributed by atoms with Crippen LogP contribution in [-0.2, 0) is 10.0 Å². The summed E-state index contributed by atoms with van der Waals surface area (Å²) in [4.78, 5) is 12.3. The highest BCUT2D eigenvalue weighted by Crippen LogP contribution is 2.20. The summed E-state index contributed by atoms with van der Waals surface area (Å²) in [5.41, 5.74) is 1.51.